The van der Waals surface area contributed by atoms with Crippen molar-refractivity contribution in [2.75, 3.05) is 7.11 Å². The van der Waals surface area contributed by atoms with E-state index in [1.807, 2.05) is 24.3 Å². The van der Waals surface area contributed by atoms with E-state index >= 15 is 0 Å². The lowest BCUT2D eigenvalue weighted by Crippen LogP contribution is -2.07. The fraction of sp³-hybridized carbons (Fsp3) is 0.0400. The van der Waals surface area contributed by atoms with E-state index in [1.165, 1.54) is 12.2 Å². The summed E-state index contributed by atoms with van der Waals surface area (Å²) in [5.41, 5.74) is 1.96. The van der Waals surface area contributed by atoms with Gasteiger partial charge in [-0.15, -0.1) is 0 Å². The minimum Gasteiger partial charge on any atom is -0.497 e. The Morgan fingerprint density at radius 1 is 0.800 bits per heavy atom. The molecule has 0 radical (unpaired) electrons. The Morgan fingerprint density at radius 2 is 1.40 bits per heavy atom. The summed E-state index contributed by atoms with van der Waals surface area (Å²) >= 11 is 5.87. The summed E-state index contributed by atoms with van der Waals surface area (Å²) < 4.78 is 10.5. The minimum atomic E-state index is -0.576. The summed E-state index contributed by atoms with van der Waals surface area (Å²) in [6, 6.07) is 21.0. The highest BCUT2D eigenvalue weighted by atomic mass is 35.5. The first-order chi connectivity index (χ1) is 14.5. The van der Waals surface area contributed by atoms with Crippen molar-refractivity contribution in [2.24, 2.45) is 0 Å². The van der Waals surface area contributed by atoms with Gasteiger partial charge in [-0.3, -0.25) is 4.79 Å². The molecule has 0 aliphatic rings. The van der Waals surface area contributed by atoms with Gasteiger partial charge >= 0.3 is 5.97 Å². The van der Waals surface area contributed by atoms with Gasteiger partial charge in [0.2, 0.25) is 0 Å². The molecule has 0 heterocycles. The summed E-state index contributed by atoms with van der Waals surface area (Å²) in [5.74, 6) is 0.0849. The number of rotatable bonds is 7. The molecule has 4 nitrogen and oxygen atoms in total. The smallest absolute Gasteiger partial charge is 0.336 e. The van der Waals surface area contributed by atoms with Crippen LogP contribution in [-0.2, 0) is 4.79 Å². The quantitative estimate of drug-likeness (QED) is 0.208. The number of hydrogen-bond acceptors (Lipinski definition) is 4. The molecular formula is C25H19ClO4. The third-order valence-electron chi connectivity index (χ3n) is 4.19. The van der Waals surface area contributed by atoms with Crippen molar-refractivity contribution in [2.45, 2.75) is 0 Å². The van der Waals surface area contributed by atoms with E-state index in [1.54, 1.807) is 67.8 Å². The van der Waals surface area contributed by atoms with Crippen molar-refractivity contribution < 1.29 is 19.1 Å². The predicted octanol–water partition coefficient (Wildman–Crippen LogP) is 5.86. The standard InChI is InChI=1S/C25H19ClO4/c1-29-21-14-8-19(9-15-21)11-17-25(28)30-24-5-3-2-4-22(24)23(27)16-10-18-6-12-20(26)13-7-18/h2-17H,1H3/b16-10+,17-11+. The van der Waals surface area contributed by atoms with E-state index < -0.39 is 5.97 Å². The average Bonchev–Trinajstić information content (AvgIpc) is 2.78. The van der Waals surface area contributed by atoms with E-state index in [0.29, 0.717) is 10.6 Å². The van der Waals surface area contributed by atoms with Crippen LogP contribution in [0.2, 0.25) is 5.02 Å². The second kappa shape index (κ2) is 10.2. The van der Waals surface area contributed by atoms with Gasteiger partial charge in [0.1, 0.15) is 11.5 Å². The highest BCUT2D eigenvalue weighted by molar-refractivity contribution is 6.30. The Labute approximate surface area is 180 Å². The number of ether oxygens (including phenoxy) is 2. The van der Waals surface area contributed by atoms with Crippen LogP contribution < -0.4 is 9.47 Å². The van der Waals surface area contributed by atoms with Gasteiger partial charge in [-0.25, -0.2) is 4.79 Å². The van der Waals surface area contributed by atoms with Crippen LogP contribution in [0.3, 0.4) is 0 Å². The monoisotopic (exact) mass is 418 g/mol. The van der Waals surface area contributed by atoms with Crippen LogP contribution >= 0.6 is 11.6 Å². The molecule has 3 rings (SSSR count). The van der Waals surface area contributed by atoms with Crippen molar-refractivity contribution in [1.29, 1.82) is 0 Å². The number of carbonyl (C=O) groups is 2. The van der Waals surface area contributed by atoms with E-state index in [4.69, 9.17) is 21.1 Å². The first-order valence-electron chi connectivity index (χ1n) is 9.16. The first kappa shape index (κ1) is 21.1. The van der Waals surface area contributed by atoms with Gasteiger partial charge in [0, 0.05) is 11.1 Å². The fourth-order valence-electron chi connectivity index (χ4n) is 2.62. The molecule has 3 aromatic rings. The molecule has 150 valence electrons. The molecule has 0 atom stereocenters. The number of ketones is 1. The number of halogens is 1. The second-order valence-corrected chi connectivity index (χ2v) is 6.71. The molecular weight excluding hydrogens is 400 g/mol. The van der Waals surface area contributed by atoms with Gasteiger partial charge in [0.15, 0.2) is 5.78 Å². The lowest BCUT2D eigenvalue weighted by molar-refractivity contribution is -0.128. The molecule has 0 saturated carbocycles. The van der Waals surface area contributed by atoms with Crippen molar-refractivity contribution in [3.8, 4) is 11.5 Å². The number of para-hydroxylation sites is 1. The molecule has 0 N–H and O–H groups in total. The zero-order chi connectivity index (χ0) is 21.3. The maximum absolute atomic E-state index is 12.6. The molecule has 0 bridgehead atoms. The van der Waals surface area contributed by atoms with Crippen LogP contribution in [-0.4, -0.2) is 18.9 Å². The Bertz CT molecular complexity index is 1080. The average molecular weight is 419 g/mol. The van der Waals surface area contributed by atoms with Crippen LogP contribution in [0.15, 0.2) is 84.9 Å². The maximum atomic E-state index is 12.6. The predicted molar refractivity (Wildman–Crippen MR) is 119 cm³/mol. The molecule has 0 unspecified atom stereocenters. The number of esters is 1. The van der Waals surface area contributed by atoms with Gasteiger partial charge in [-0.1, -0.05) is 54.1 Å². The topological polar surface area (TPSA) is 52.6 Å². The minimum absolute atomic E-state index is 0.202. The van der Waals surface area contributed by atoms with Crippen molar-refractivity contribution >= 4 is 35.5 Å². The van der Waals surface area contributed by atoms with E-state index in [0.717, 1.165) is 16.9 Å². The highest BCUT2D eigenvalue weighted by Crippen LogP contribution is 2.20. The number of methoxy groups -OCH3 is 1. The summed E-state index contributed by atoms with van der Waals surface area (Å²) in [5, 5.41) is 0.624. The summed E-state index contributed by atoms with van der Waals surface area (Å²) in [6.07, 6.45) is 6.06. The van der Waals surface area contributed by atoms with Crippen LogP contribution in [0, 0.1) is 0 Å². The van der Waals surface area contributed by atoms with Crippen LogP contribution in [0.1, 0.15) is 21.5 Å². The third-order valence-corrected chi connectivity index (χ3v) is 4.44. The molecule has 0 aliphatic carbocycles. The van der Waals surface area contributed by atoms with Gasteiger partial charge in [-0.2, -0.15) is 0 Å². The van der Waals surface area contributed by atoms with E-state index in [9.17, 15) is 9.59 Å². The molecule has 0 fully saturated rings. The van der Waals surface area contributed by atoms with Crippen molar-refractivity contribution in [1.82, 2.24) is 0 Å². The normalized spacial score (nSPS) is 11.0. The molecule has 0 amide bonds. The number of carbonyl (C=O) groups excluding carboxylic acids is 2. The Morgan fingerprint density at radius 3 is 2.07 bits per heavy atom. The van der Waals surface area contributed by atoms with E-state index in [-0.39, 0.29) is 11.5 Å². The molecule has 5 heteroatoms. The number of hydrogen-bond donors (Lipinski definition) is 0. The third kappa shape index (κ3) is 5.93. The van der Waals surface area contributed by atoms with Gasteiger partial charge < -0.3 is 9.47 Å². The Hall–Kier alpha value is -3.63. The number of allylic oxidation sites excluding steroid dienone is 1. The first-order valence-corrected chi connectivity index (χ1v) is 9.54. The lowest BCUT2D eigenvalue weighted by Gasteiger charge is -2.06. The fourth-order valence-corrected chi connectivity index (χ4v) is 2.74. The van der Waals surface area contributed by atoms with Gasteiger partial charge in [0.05, 0.1) is 12.7 Å². The van der Waals surface area contributed by atoms with Crippen molar-refractivity contribution in [3.05, 3.63) is 107 Å². The summed E-state index contributed by atoms with van der Waals surface area (Å²) in [4.78, 5) is 24.8. The zero-order valence-electron chi connectivity index (χ0n) is 16.2. The van der Waals surface area contributed by atoms with Gasteiger partial charge in [0.25, 0.3) is 0 Å². The highest BCUT2D eigenvalue weighted by Gasteiger charge is 2.12. The molecule has 0 aliphatic heterocycles. The SMILES string of the molecule is COc1ccc(/C=C/C(=O)Oc2ccccc2C(=O)/C=C/c2ccc(Cl)cc2)cc1. The Kier molecular flexibility index (Phi) is 7.19. The van der Waals surface area contributed by atoms with Gasteiger partial charge in [-0.05, 0) is 59.7 Å². The maximum Gasteiger partial charge on any atom is 0.336 e. The molecule has 0 spiro atoms. The Balaban J connectivity index is 1.69. The van der Waals surface area contributed by atoms with Crippen LogP contribution in [0.25, 0.3) is 12.2 Å². The number of benzene rings is 3. The summed E-state index contributed by atoms with van der Waals surface area (Å²) in [6.45, 7) is 0. The molecule has 3 aromatic carbocycles. The molecule has 30 heavy (non-hydrogen) atoms. The second-order valence-electron chi connectivity index (χ2n) is 6.27. The largest absolute Gasteiger partial charge is 0.497 e. The zero-order valence-corrected chi connectivity index (χ0v) is 17.0. The van der Waals surface area contributed by atoms with Crippen LogP contribution in [0.5, 0.6) is 11.5 Å². The van der Waals surface area contributed by atoms with E-state index in [2.05, 4.69) is 0 Å². The summed E-state index contributed by atoms with van der Waals surface area (Å²) in [7, 11) is 1.59. The molecule has 0 aromatic heterocycles. The van der Waals surface area contributed by atoms with Crippen molar-refractivity contribution in [3.63, 3.8) is 0 Å². The molecule has 0 saturated heterocycles. The lowest BCUT2D eigenvalue weighted by atomic mass is 10.1. The van der Waals surface area contributed by atoms with Crippen LogP contribution in [0.4, 0.5) is 0 Å².